The fourth-order valence-corrected chi connectivity index (χ4v) is 4.21. The summed E-state index contributed by atoms with van der Waals surface area (Å²) in [6.07, 6.45) is 1.23. The molecule has 0 spiro atoms. The first kappa shape index (κ1) is 22.6. The zero-order chi connectivity index (χ0) is 21.2. The lowest BCUT2D eigenvalue weighted by atomic mass is 9.96. The topological polar surface area (TPSA) is 43.4 Å². The Morgan fingerprint density at radius 1 is 0.929 bits per heavy atom. The number of benzene rings is 2. The fourth-order valence-electron chi connectivity index (χ4n) is 2.64. The van der Waals surface area contributed by atoms with E-state index in [4.69, 9.17) is 4.43 Å². The molecule has 0 aliphatic rings. The molecule has 0 amide bonds. The first-order valence-electron chi connectivity index (χ1n) is 9.52. The average Bonchev–Trinajstić information content (AvgIpc) is 2.61. The molecule has 28 heavy (non-hydrogen) atoms. The predicted molar refractivity (Wildman–Crippen MR) is 122 cm³/mol. The van der Waals surface area contributed by atoms with Crippen LogP contribution in [0.4, 0.5) is 0 Å². The minimum atomic E-state index is -3.21. The van der Waals surface area contributed by atoms with E-state index < -0.39 is 18.2 Å². The normalized spacial score (nSPS) is 14.0. The van der Waals surface area contributed by atoms with Crippen molar-refractivity contribution < 1.29 is 12.8 Å². The molecule has 2 aromatic rings. The molecule has 152 valence electrons. The molecule has 0 aromatic heterocycles. The van der Waals surface area contributed by atoms with Gasteiger partial charge in [0.05, 0.1) is 11.5 Å². The van der Waals surface area contributed by atoms with Gasteiger partial charge in [-0.05, 0) is 59.5 Å². The molecule has 0 aliphatic carbocycles. The zero-order valence-electron chi connectivity index (χ0n) is 18.0. The van der Waals surface area contributed by atoms with E-state index >= 15 is 0 Å². The summed E-state index contributed by atoms with van der Waals surface area (Å²) in [6, 6.07) is 17.4. The molecule has 0 unspecified atom stereocenters. The highest BCUT2D eigenvalue weighted by molar-refractivity contribution is 7.90. The Balaban J connectivity index is 2.48. The van der Waals surface area contributed by atoms with Crippen LogP contribution in [0.15, 0.2) is 59.5 Å². The van der Waals surface area contributed by atoms with Crippen LogP contribution < -0.4 is 0 Å². The van der Waals surface area contributed by atoms with E-state index in [-0.39, 0.29) is 5.04 Å². The molecule has 0 saturated heterocycles. The van der Waals surface area contributed by atoms with Gasteiger partial charge < -0.3 is 4.43 Å². The maximum absolute atomic E-state index is 11.8. The molecule has 0 fully saturated rings. The lowest BCUT2D eigenvalue weighted by Gasteiger charge is -2.36. The number of hydrogen-bond acceptors (Lipinski definition) is 3. The predicted octanol–water partition coefficient (Wildman–Crippen LogP) is 6.04. The van der Waals surface area contributed by atoms with E-state index in [2.05, 4.69) is 52.9 Å². The van der Waals surface area contributed by atoms with Crippen LogP contribution in [0.1, 0.15) is 38.8 Å². The second-order valence-corrected chi connectivity index (χ2v) is 15.6. The first-order chi connectivity index (χ1) is 12.8. The highest BCUT2D eigenvalue weighted by atomic mass is 32.2. The molecule has 0 bridgehead atoms. The molecular formula is C23H32O3SSi. The minimum absolute atomic E-state index is 0.124. The second-order valence-electron chi connectivity index (χ2n) is 8.82. The van der Waals surface area contributed by atoms with E-state index in [0.29, 0.717) is 11.5 Å². The van der Waals surface area contributed by atoms with Crippen molar-refractivity contribution in [2.75, 3.05) is 12.9 Å². The maximum Gasteiger partial charge on any atom is 0.192 e. The Hall–Kier alpha value is -1.69. The largest absolute Gasteiger partial charge is 0.413 e. The molecule has 0 atom stereocenters. The van der Waals surface area contributed by atoms with Gasteiger partial charge >= 0.3 is 0 Å². The molecule has 0 radical (unpaired) electrons. The summed E-state index contributed by atoms with van der Waals surface area (Å²) in [5.74, 6) is 0. The van der Waals surface area contributed by atoms with Crippen molar-refractivity contribution in [1.29, 1.82) is 0 Å². The molecule has 0 aliphatic heterocycles. The molecule has 5 heteroatoms. The smallest absolute Gasteiger partial charge is 0.192 e. The van der Waals surface area contributed by atoms with Gasteiger partial charge in [-0.2, -0.15) is 0 Å². The van der Waals surface area contributed by atoms with Crippen molar-refractivity contribution in [2.24, 2.45) is 0 Å². The van der Waals surface area contributed by atoms with Crippen LogP contribution in [0.3, 0.4) is 0 Å². The molecule has 2 rings (SSSR count). The van der Waals surface area contributed by atoms with Gasteiger partial charge in [-0.3, -0.25) is 0 Å². The van der Waals surface area contributed by atoms with Crippen LogP contribution in [0, 0.1) is 0 Å². The molecule has 0 heterocycles. The standard InChI is InChI=1S/C23H32O3SSi/c1-18(19-11-9-8-10-12-19)22(17-26-28(6,7)23(2,3)4)20-13-15-21(16-14-20)27(5,24)25/h8-16H,17H2,1-7H3/b22-18+. The highest BCUT2D eigenvalue weighted by Crippen LogP contribution is 2.38. The van der Waals surface area contributed by atoms with Crippen LogP contribution >= 0.6 is 0 Å². The molecular weight excluding hydrogens is 384 g/mol. The lowest BCUT2D eigenvalue weighted by molar-refractivity contribution is 0.334. The Kier molecular flexibility index (Phi) is 6.74. The zero-order valence-corrected chi connectivity index (χ0v) is 19.9. The van der Waals surface area contributed by atoms with Gasteiger partial charge in [-0.15, -0.1) is 0 Å². The fraction of sp³-hybridized carbons (Fsp3) is 0.391. The summed E-state index contributed by atoms with van der Waals surface area (Å²) < 4.78 is 30.1. The first-order valence-corrected chi connectivity index (χ1v) is 14.3. The number of hydrogen-bond donors (Lipinski definition) is 0. The summed E-state index contributed by atoms with van der Waals surface area (Å²) in [7, 11) is -5.13. The van der Waals surface area contributed by atoms with Gasteiger partial charge in [0.15, 0.2) is 18.2 Å². The number of rotatable bonds is 6. The third-order valence-electron chi connectivity index (χ3n) is 5.67. The van der Waals surface area contributed by atoms with Crippen molar-refractivity contribution in [1.82, 2.24) is 0 Å². The lowest BCUT2D eigenvalue weighted by Crippen LogP contribution is -2.41. The van der Waals surface area contributed by atoms with E-state index in [1.54, 1.807) is 12.1 Å². The van der Waals surface area contributed by atoms with Crippen molar-refractivity contribution in [3.8, 4) is 0 Å². The summed E-state index contributed by atoms with van der Waals surface area (Å²) in [5, 5.41) is 0.124. The van der Waals surface area contributed by atoms with E-state index in [1.165, 1.54) is 6.26 Å². The summed E-state index contributed by atoms with van der Waals surface area (Å²) in [5.41, 5.74) is 4.37. The molecule has 0 saturated carbocycles. The van der Waals surface area contributed by atoms with Crippen molar-refractivity contribution in [3.05, 3.63) is 65.7 Å². The van der Waals surface area contributed by atoms with Gasteiger partial charge in [-0.25, -0.2) is 8.42 Å². The van der Waals surface area contributed by atoms with Gasteiger partial charge in [-0.1, -0.05) is 63.2 Å². The second kappa shape index (κ2) is 8.35. The van der Waals surface area contributed by atoms with Gasteiger partial charge in [0, 0.05) is 6.26 Å². The molecule has 0 N–H and O–H groups in total. The Morgan fingerprint density at radius 3 is 1.93 bits per heavy atom. The van der Waals surface area contributed by atoms with Crippen LogP contribution in [-0.4, -0.2) is 29.6 Å². The Bertz CT molecular complexity index is 936. The van der Waals surface area contributed by atoms with Gasteiger partial charge in [0.2, 0.25) is 0 Å². The van der Waals surface area contributed by atoms with Gasteiger partial charge in [0.1, 0.15) is 0 Å². The monoisotopic (exact) mass is 416 g/mol. The van der Waals surface area contributed by atoms with Crippen molar-refractivity contribution in [2.45, 2.75) is 50.7 Å². The van der Waals surface area contributed by atoms with Crippen LogP contribution in [0.25, 0.3) is 11.1 Å². The van der Waals surface area contributed by atoms with E-state index in [1.807, 2.05) is 30.3 Å². The van der Waals surface area contributed by atoms with Crippen molar-refractivity contribution in [3.63, 3.8) is 0 Å². The minimum Gasteiger partial charge on any atom is -0.413 e. The molecule has 2 aromatic carbocycles. The third-order valence-corrected chi connectivity index (χ3v) is 11.3. The third kappa shape index (κ3) is 5.43. The summed E-state index contributed by atoms with van der Waals surface area (Å²) in [4.78, 5) is 0.332. The average molecular weight is 417 g/mol. The number of allylic oxidation sites excluding steroid dienone is 1. The van der Waals surface area contributed by atoms with E-state index in [0.717, 1.165) is 22.3 Å². The van der Waals surface area contributed by atoms with Crippen LogP contribution in [-0.2, 0) is 14.3 Å². The van der Waals surface area contributed by atoms with E-state index in [9.17, 15) is 8.42 Å². The Morgan fingerprint density at radius 2 is 1.46 bits per heavy atom. The maximum atomic E-state index is 11.8. The van der Waals surface area contributed by atoms with Crippen LogP contribution in [0.2, 0.25) is 18.1 Å². The van der Waals surface area contributed by atoms with Gasteiger partial charge in [0.25, 0.3) is 0 Å². The SMILES string of the molecule is C/C(=C(/CO[Si](C)(C)C(C)(C)C)c1ccc(S(C)(=O)=O)cc1)c1ccccc1. The quantitative estimate of drug-likeness (QED) is 0.426. The molecule has 3 nitrogen and oxygen atoms in total. The number of sulfone groups is 1. The Labute approximate surface area is 171 Å². The van der Waals surface area contributed by atoms with Crippen LogP contribution in [0.5, 0.6) is 0 Å². The van der Waals surface area contributed by atoms with Crippen molar-refractivity contribution >= 4 is 29.3 Å². The highest BCUT2D eigenvalue weighted by Gasteiger charge is 2.37. The summed E-state index contributed by atoms with van der Waals surface area (Å²) in [6.45, 7) is 13.8. The summed E-state index contributed by atoms with van der Waals surface area (Å²) >= 11 is 0.